The number of para-hydroxylation sites is 2. The van der Waals surface area contributed by atoms with Crippen molar-refractivity contribution in [2.75, 3.05) is 5.01 Å². The first kappa shape index (κ1) is 20.4. The molecule has 1 aliphatic heterocycles. The van der Waals surface area contributed by atoms with E-state index in [2.05, 4.69) is 9.67 Å². The van der Waals surface area contributed by atoms with Crippen LogP contribution in [0.2, 0.25) is 0 Å². The molecule has 162 valence electrons. The fraction of sp³-hybridized carbons (Fsp3) is 0.0769. The molecule has 0 unspecified atom stereocenters. The number of anilines is 1. The quantitative estimate of drug-likeness (QED) is 0.238. The molecule has 33 heavy (non-hydrogen) atoms. The molecule has 0 N–H and O–H groups in total. The number of carbonyl (C=O) groups is 1. The molecule has 0 saturated carbocycles. The van der Waals surface area contributed by atoms with Gasteiger partial charge in [-0.2, -0.15) is 10.1 Å². The minimum absolute atomic E-state index is 0.0685. The highest BCUT2D eigenvalue weighted by molar-refractivity contribution is 6.32. The number of benzene rings is 3. The first-order valence-corrected chi connectivity index (χ1v) is 10.5. The van der Waals surface area contributed by atoms with Crippen molar-refractivity contribution in [2.24, 2.45) is 5.10 Å². The van der Waals surface area contributed by atoms with Crippen LogP contribution in [0, 0.1) is 10.1 Å². The molecule has 4 aromatic rings. The Morgan fingerprint density at radius 3 is 2.39 bits per heavy atom. The van der Waals surface area contributed by atoms with Gasteiger partial charge in [0.25, 0.3) is 11.6 Å². The summed E-state index contributed by atoms with van der Waals surface area (Å²) in [5, 5.41) is 17.8. The van der Waals surface area contributed by atoms with Gasteiger partial charge < -0.3 is 4.57 Å². The Labute approximate surface area is 190 Å². The molecule has 2 heterocycles. The number of nitro benzene ring substituents is 1. The van der Waals surface area contributed by atoms with E-state index in [1.807, 2.05) is 73.8 Å². The van der Waals surface area contributed by atoms with E-state index in [-0.39, 0.29) is 11.6 Å². The maximum Gasteiger partial charge on any atom is 0.280 e. The fourth-order valence-corrected chi connectivity index (χ4v) is 4.02. The summed E-state index contributed by atoms with van der Waals surface area (Å²) in [6.07, 6.45) is 3.89. The van der Waals surface area contributed by atoms with E-state index in [0.29, 0.717) is 17.8 Å². The van der Waals surface area contributed by atoms with E-state index in [0.717, 1.165) is 27.7 Å². The lowest BCUT2D eigenvalue weighted by Crippen LogP contribution is -2.21. The number of non-ortho nitro benzene ring substituents is 1. The zero-order valence-electron chi connectivity index (χ0n) is 17.9. The number of amides is 1. The SMILES string of the molecule is CC1=NN(c2ccccc2)C(=O)/C1=C/c1cn(Cc2ccc([N+](=O)[O-])cc2)c2ccccc12. The average Bonchev–Trinajstić information content (AvgIpc) is 3.32. The van der Waals surface area contributed by atoms with Gasteiger partial charge in [0, 0.05) is 41.3 Å². The van der Waals surface area contributed by atoms with E-state index in [1.165, 1.54) is 17.1 Å². The molecule has 0 aliphatic carbocycles. The number of aromatic nitrogens is 1. The summed E-state index contributed by atoms with van der Waals surface area (Å²) in [5.74, 6) is -0.161. The van der Waals surface area contributed by atoms with E-state index >= 15 is 0 Å². The van der Waals surface area contributed by atoms with Crippen LogP contribution in [-0.4, -0.2) is 21.1 Å². The van der Waals surface area contributed by atoms with Crippen molar-refractivity contribution in [3.05, 3.63) is 112 Å². The number of hydrazone groups is 1. The largest absolute Gasteiger partial charge is 0.342 e. The monoisotopic (exact) mass is 436 g/mol. The van der Waals surface area contributed by atoms with E-state index in [9.17, 15) is 14.9 Å². The Morgan fingerprint density at radius 2 is 1.67 bits per heavy atom. The van der Waals surface area contributed by atoms with Crippen LogP contribution in [-0.2, 0) is 11.3 Å². The number of nitrogens with zero attached hydrogens (tertiary/aromatic N) is 4. The molecule has 7 nitrogen and oxygen atoms in total. The number of rotatable bonds is 5. The summed E-state index contributed by atoms with van der Waals surface area (Å²) in [5.41, 5.74) is 4.89. The van der Waals surface area contributed by atoms with Crippen molar-refractivity contribution < 1.29 is 9.72 Å². The van der Waals surface area contributed by atoms with Crippen LogP contribution < -0.4 is 5.01 Å². The molecule has 7 heteroatoms. The van der Waals surface area contributed by atoms with Gasteiger partial charge >= 0.3 is 0 Å². The van der Waals surface area contributed by atoms with Crippen molar-refractivity contribution in [2.45, 2.75) is 13.5 Å². The zero-order chi connectivity index (χ0) is 22.9. The summed E-state index contributed by atoms with van der Waals surface area (Å²) in [4.78, 5) is 23.7. The lowest BCUT2D eigenvalue weighted by molar-refractivity contribution is -0.384. The summed E-state index contributed by atoms with van der Waals surface area (Å²) in [6, 6.07) is 23.9. The van der Waals surface area contributed by atoms with Crippen molar-refractivity contribution >= 4 is 40.0 Å². The van der Waals surface area contributed by atoms with Crippen LogP contribution in [0.25, 0.3) is 17.0 Å². The normalized spacial score (nSPS) is 14.8. The Kier molecular flexibility index (Phi) is 5.06. The molecule has 0 fully saturated rings. The van der Waals surface area contributed by atoms with Crippen LogP contribution in [0.5, 0.6) is 0 Å². The Hall–Kier alpha value is -4.52. The minimum Gasteiger partial charge on any atom is -0.342 e. The second kappa shape index (κ2) is 8.20. The molecule has 3 aromatic carbocycles. The Morgan fingerprint density at radius 1 is 0.970 bits per heavy atom. The predicted molar refractivity (Wildman–Crippen MR) is 129 cm³/mol. The van der Waals surface area contributed by atoms with Crippen molar-refractivity contribution in [1.82, 2.24) is 4.57 Å². The molecule has 0 saturated heterocycles. The molecule has 0 spiro atoms. The molecule has 0 atom stereocenters. The first-order chi connectivity index (χ1) is 16.0. The second-order valence-electron chi connectivity index (χ2n) is 7.85. The van der Waals surface area contributed by atoms with Crippen molar-refractivity contribution in [1.29, 1.82) is 0 Å². The van der Waals surface area contributed by atoms with Gasteiger partial charge in [0.2, 0.25) is 0 Å². The van der Waals surface area contributed by atoms with E-state index < -0.39 is 4.92 Å². The molecule has 1 aliphatic rings. The maximum atomic E-state index is 13.1. The van der Waals surface area contributed by atoms with Gasteiger partial charge in [-0.3, -0.25) is 14.9 Å². The highest BCUT2D eigenvalue weighted by atomic mass is 16.6. The molecule has 5 rings (SSSR count). The van der Waals surface area contributed by atoms with Gasteiger partial charge in [0.1, 0.15) is 0 Å². The summed E-state index contributed by atoms with van der Waals surface area (Å²) in [6.45, 7) is 2.39. The van der Waals surface area contributed by atoms with Crippen LogP contribution in [0.4, 0.5) is 11.4 Å². The van der Waals surface area contributed by atoms with Crippen molar-refractivity contribution in [3.8, 4) is 0 Å². The van der Waals surface area contributed by atoms with Crippen molar-refractivity contribution in [3.63, 3.8) is 0 Å². The number of hydrogen-bond acceptors (Lipinski definition) is 4. The Bertz CT molecular complexity index is 1430. The van der Waals surface area contributed by atoms with Crippen LogP contribution in [0.15, 0.2) is 95.7 Å². The third-order valence-electron chi connectivity index (χ3n) is 5.68. The van der Waals surface area contributed by atoms with Crippen LogP contribution in [0.1, 0.15) is 18.1 Å². The van der Waals surface area contributed by atoms with Gasteiger partial charge in [-0.1, -0.05) is 48.5 Å². The third kappa shape index (κ3) is 3.80. The van der Waals surface area contributed by atoms with Crippen LogP contribution in [0.3, 0.4) is 0 Å². The number of fused-ring (bicyclic) bond motifs is 1. The molecule has 1 amide bonds. The lowest BCUT2D eigenvalue weighted by Gasteiger charge is -2.10. The molecular weight excluding hydrogens is 416 g/mol. The standard InChI is InChI=1S/C26H20N4O3/c1-18-24(26(31)29(27-18)21-7-3-2-4-8-21)15-20-17-28(25-10-6-5-9-23(20)25)16-19-11-13-22(14-12-19)30(32)33/h2-15,17H,16H2,1H3/b24-15+. The molecule has 0 radical (unpaired) electrons. The molecule has 1 aromatic heterocycles. The van der Waals surface area contributed by atoms with Crippen LogP contribution >= 0.6 is 0 Å². The van der Waals surface area contributed by atoms with Gasteiger partial charge in [-0.05, 0) is 36.8 Å². The predicted octanol–water partition coefficient (Wildman–Crippen LogP) is 5.40. The van der Waals surface area contributed by atoms with Gasteiger partial charge in [0.05, 0.1) is 21.9 Å². The smallest absolute Gasteiger partial charge is 0.280 e. The highest BCUT2D eigenvalue weighted by Crippen LogP contribution is 2.29. The van der Waals surface area contributed by atoms with Gasteiger partial charge in [0.15, 0.2) is 0 Å². The minimum atomic E-state index is -0.402. The lowest BCUT2D eigenvalue weighted by atomic mass is 10.1. The summed E-state index contributed by atoms with van der Waals surface area (Å²) in [7, 11) is 0. The summed E-state index contributed by atoms with van der Waals surface area (Å²) >= 11 is 0. The number of carbonyl (C=O) groups excluding carboxylic acids is 1. The number of nitro groups is 1. The topological polar surface area (TPSA) is 80.7 Å². The Balaban J connectivity index is 1.51. The first-order valence-electron chi connectivity index (χ1n) is 10.5. The molecular formula is C26H20N4O3. The molecule has 0 bridgehead atoms. The number of hydrogen-bond donors (Lipinski definition) is 0. The van der Waals surface area contributed by atoms with E-state index in [1.54, 1.807) is 12.1 Å². The van der Waals surface area contributed by atoms with Gasteiger partial charge in [-0.25, -0.2) is 0 Å². The third-order valence-corrected chi connectivity index (χ3v) is 5.68. The fourth-order valence-electron chi connectivity index (χ4n) is 4.02. The highest BCUT2D eigenvalue weighted by Gasteiger charge is 2.28. The zero-order valence-corrected chi connectivity index (χ0v) is 17.9. The second-order valence-corrected chi connectivity index (χ2v) is 7.85. The van der Waals surface area contributed by atoms with E-state index in [4.69, 9.17) is 0 Å². The maximum absolute atomic E-state index is 13.1. The van der Waals surface area contributed by atoms with Gasteiger partial charge in [-0.15, -0.1) is 0 Å². The average molecular weight is 436 g/mol. The summed E-state index contributed by atoms with van der Waals surface area (Å²) < 4.78 is 2.09.